The molecule has 0 aromatic carbocycles. The summed E-state index contributed by atoms with van der Waals surface area (Å²) in [7, 11) is 0. The van der Waals surface area contributed by atoms with Crippen LogP contribution in [-0.4, -0.2) is 249 Å². The third-order valence-corrected chi connectivity index (χ3v) is 15.1. The fourth-order valence-corrected chi connectivity index (χ4v) is 9.86. The van der Waals surface area contributed by atoms with Gasteiger partial charge in [0.2, 0.25) is 59.1 Å². The van der Waals surface area contributed by atoms with Gasteiger partial charge in [0.15, 0.2) is 23.8 Å². The van der Waals surface area contributed by atoms with Crippen molar-refractivity contribution >= 4 is 126 Å². The van der Waals surface area contributed by atoms with Gasteiger partial charge in [-0.05, 0) is 103 Å². The fraction of sp³-hybridized carbons (Fsp3) is 0.685. The number of likely N-dealkylation sites (tertiary alicyclic amines) is 1. The lowest BCUT2D eigenvalue weighted by Crippen LogP contribution is -2.62. The van der Waals surface area contributed by atoms with Gasteiger partial charge in [0.25, 0.3) is 0 Å². The monoisotopic (exact) mass is 1420 g/mol. The average Bonchev–Trinajstić information content (AvgIpc) is 1.76. The number of carbonyl (C=O) groups is 13. The van der Waals surface area contributed by atoms with E-state index >= 15 is 0 Å². The number of hydrogen-bond acceptors (Lipinski definition) is 22. The molecule has 1 heterocycles. The molecule has 41 nitrogen and oxygen atoms in total. The summed E-state index contributed by atoms with van der Waals surface area (Å²) in [5.74, 6) is -16.5. The maximum absolute atomic E-state index is 14.5. The number of rotatable bonds is 48. The van der Waals surface area contributed by atoms with Crippen LogP contribution < -0.4 is 105 Å². The van der Waals surface area contributed by atoms with Crippen LogP contribution in [0.25, 0.3) is 0 Å². The number of aliphatic carboxylic acids is 3. The van der Waals surface area contributed by atoms with Gasteiger partial charge < -0.3 is 131 Å². The Balaban J connectivity index is 3.51. The number of thiol groups is 2. The lowest BCUT2D eigenvalue weighted by Gasteiger charge is -2.31. The zero-order valence-electron chi connectivity index (χ0n) is 53.9. The van der Waals surface area contributed by atoms with Gasteiger partial charge in [-0.2, -0.15) is 25.3 Å². The number of carboxylic acid groups (broad SMARTS) is 3. The summed E-state index contributed by atoms with van der Waals surface area (Å²) in [6.07, 6.45) is -3.07. The highest BCUT2D eigenvalue weighted by atomic mass is 32.1. The molecule has 10 amide bonds. The highest BCUT2D eigenvalue weighted by Crippen LogP contribution is 2.21. The number of aliphatic imine (C=N–C) groups is 4. The average molecular weight is 1420 g/mol. The number of carboxylic acids is 3. The molecule has 1 rings (SSSR count). The third kappa shape index (κ3) is 34.3. The molecule has 0 aliphatic carbocycles. The van der Waals surface area contributed by atoms with E-state index in [0.717, 1.165) is 11.8 Å². The second kappa shape index (κ2) is 46.0. The minimum atomic E-state index is -1.95. The topological polar surface area (TPSA) is 724 Å². The summed E-state index contributed by atoms with van der Waals surface area (Å²) in [4.78, 5) is 191. The lowest BCUT2D eigenvalue weighted by atomic mass is 10.0. The lowest BCUT2D eigenvalue weighted by molar-refractivity contribution is -0.144. The predicted molar refractivity (Wildman–Crippen MR) is 359 cm³/mol. The van der Waals surface area contributed by atoms with Gasteiger partial charge in [-0.25, -0.2) is 4.79 Å². The molecule has 1 fully saturated rings. The van der Waals surface area contributed by atoms with Crippen molar-refractivity contribution in [2.24, 2.45) is 77.3 Å². The summed E-state index contributed by atoms with van der Waals surface area (Å²) in [6.45, 7) is 1.19. The van der Waals surface area contributed by atoms with Crippen molar-refractivity contribution in [3.05, 3.63) is 0 Å². The van der Waals surface area contributed by atoms with E-state index in [-0.39, 0.29) is 147 Å². The van der Waals surface area contributed by atoms with Gasteiger partial charge in [-0.1, -0.05) is 0 Å². The molecular weight excluding hydrogens is 1320 g/mol. The van der Waals surface area contributed by atoms with Crippen LogP contribution >= 0.6 is 25.3 Å². The van der Waals surface area contributed by atoms with Gasteiger partial charge in [-0.15, -0.1) is 0 Å². The number of aliphatic hydroxyl groups excluding tert-OH is 1. The maximum atomic E-state index is 14.5. The summed E-state index contributed by atoms with van der Waals surface area (Å²) >= 11 is 8.38. The smallest absolute Gasteiger partial charge is 0.326 e. The van der Waals surface area contributed by atoms with E-state index in [0.29, 0.717) is 6.42 Å². The van der Waals surface area contributed by atoms with Crippen LogP contribution in [-0.2, 0) is 62.3 Å². The van der Waals surface area contributed by atoms with Crippen LogP contribution in [0.1, 0.15) is 110 Å². The number of guanidine groups is 4. The SMILES string of the molecule is C[C@@H](O)[C@H](NC(=O)[C@H](CCCN=C(N)N)NC(=O)[C@@H](N)CCC(=O)O)C(=O)N[C@@H](CS)C(=O)N[C@@H](CCCN=C(N)N)C(=O)N[C@@H](CS)C(=O)N[C@@H](CC(=O)O)C(=O)N[C@@H](CCCCN)C(=O)N1CCC[C@H]1C(=O)N[C@@H](CCCN=C(N)N)C(=O)N[C@@H](CCCN=C(N)N)C(=O)O. The Morgan fingerprint density at radius 2 is 0.835 bits per heavy atom. The maximum Gasteiger partial charge on any atom is 0.326 e. The van der Waals surface area contributed by atoms with Gasteiger partial charge >= 0.3 is 17.9 Å². The molecular formula is C54H98N24O17S2. The van der Waals surface area contributed by atoms with E-state index in [1.54, 1.807) is 0 Å². The van der Waals surface area contributed by atoms with Gasteiger partial charge in [-0.3, -0.25) is 77.5 Å². The minimum absolute atomic E-state index is 0.0100. The van der Waals surface area contributed by atoms with E-state index < -0.39 is 174 Å². The minimum Gasteiger partial charge on any atom is -0.481 e. The van der Waals surface area contributed by atoms with Crippen molar-refractivity contribution in [1.82, 2.24) is 52.8 Å². The van der Waals surface area contributed by atoms with Crippen LogP contribution in [0.15, 0.2) is 20.0 Å². The van der Waals surface area contributed by atoms with Crippen molar-refractivity contribution in [2.75, 3.05) is 50.8 Å². The van der Waals surface area contributed by atoms with Crippen molar-refractivity contribution in [1.29, 1.82) is 0 Å². The first kappa shape index (κ1) is 85.8. The standard InChI is InChI=1S/C54H98N24O17S2/c1-26(79)39(77-43(87)30(12-6-20-67-53(61)62)69-40(84)27(56)15-16-37(80)81)48(92)76-35(25-97)45(89)70-28(10-4-18-65-51(57)58)42(86)75-34(24-96)46(90)74-33(23-38(82)83)44(88)72-31(9-2-3-17-55)49(93)78-22-8-14-36(78)47(91)71-29(11-5-19-66-52(59)60)41(85)73-32(50(94)95)13-7-21-68-54(63)64/h26-36,39,79,96-97H,2-25,55-56H2,1H3,(H,69,84)(H,70,89)(H,71,91)(H,72,88)(H,73,85)(H,74,90)(H,75,86)(H,76,92)(H,77,87)(H,80,81)(H,82,83)(H,94,95)(H4,57,58,65)(H4,59,60,66)(H4,61,62,67)(H4,63,64,68)/t26-,27+,28+,29+,30+,31+,32+,33+,34+,35+,36+,39+/m1/s1. The Morgan fingerprint density at radius 1 is 0.464 bits per heavy atom. The van der Waals surface area contributed by atoms with Crippen molar-refractivity contribution in [2.45, 2.75) is 182 Å². The van der Waals surface area contributed by atoms with Crippen molar-refractivity contribution in [3.63, 3.8) is 0 Å². The number of hydrogen-bond donors (Lipinski definition) is 25. The van der Waals surface area contributed by atoms with E-state index in [4.69, 9.17) is 62.4 Å². The highest BCUT2D eigenvalue weighted by Gasteiger charge is 2.41. The van der Waals surface area contributed by atoms with Crippen LogP contribution in [0.3, 0.4) is 0 Å². The molecule has 1 saturated heterocycles. The van der Waals surface area contributed by atoms with Gasteiger partial charge in [0.1, 0.15) is 60.4 Å². The molecule has 33 N–H and O–H groups in total. The number of nitrogens with zero attached hydrogens (tertiary/aromatic N) is 5. The molecule has 0 spiro atoms. The molecule has 1 aliphatic rings. The number of amides is 10. The largest absolute Gasteiger partial charge is 0.481 e. The molecule has 97 heavy (non-hydrogen) atoms. The molecule has 0 saturated carbocycles. The molecule has 0 unspecified atom stereocenters. The van der Waals surface area contributed by atoms with Crippen molar-refractivity contribution < 1.29 is 82.8 Å². The van der Waals surface area contributed by atoms with Crippen LogP contribution in [0, 0.1) is 0 Å². The van der Waals surface area contributed by atoms with E-state index in [1.165, 1.54) is 0 Å². The summed E-state index contributed by atoms with van der Waals surface area (Å²) in [6, 6.07) is -17.1. The first-order valence-electron chi connectivity index (χ1n) is 30.9. The summed E-state index contributed by atoms with van der Waals surface area (Å²) in [5.41, 5.74) is 54.9. The number of nitrogens with two attached hydrogens (primary N) is 10. The fourth-order valence-electron chi connectivity index (χ4n) is 9.34. The third-order valence-electron chi connectivity index (χ3n) is 14.4. The Labute approximate surface area is 569 Å². The molecule has 0 aromatic rings. The van der Waals surface area contributed by atoms with Crippen LogP contribution in [0.5, 0.6) is 0 Å². The quantitative estimate of drug-likeness (QED) is 0.0116. The first-order chi connectivity index (χ1) is 45.7. The predicted octanol–water partition coefficient (Wildman–Crippen LogP) is -10.3. The molecule has 1 aliphatic heterocycles. The molecule has 0 bridgehead atoms. The Morgan fingerprint density at radius 3 is 1.26 bits per heavy atom. The van der Waals surface area contributed by atoms with E-state index in [9.17, 15) is 77.6 Å². The van der Waals surface area contributed by atoms with Crippen LogP contribution in [0.2, 0.25) is 0 Å². The number of carbonyl (C=O) groups excluding carboxylic acids is 10. The normalized spacial score (nSPS) is 15.9. The van der Waals surface area contributed by atoms with Gasteiger partial charge in [0, 0.05) is 50.7 Å². The number of aliphatic hydroxyl groups is 1. The highest BCUT2D eigenvalue weighted by molar-refractivity contribution is 7.80. The number of nitrogens with one attached hydrogen (secondary N) is 9. The van der Waals surface area contributed by atoms with E-state index in [1.807, 2.05) is 0 Å². The first-order valence-corrected chi connectivity index (χ1v) is 32.2. The van der Waals surface area contributed by atoms with Crippen LogP contribution in [0.4, 0.5) is 0 Å². The summed E-state index contributed by atoms with van der Waals surface area (Å²) in [5, 5.41) is 61.2. The number of unbranched alkanes of at least 4 members (excludes halogenated alkanes) is 1. The Hall–Kier alpha value is -9.23. The Kier molecular flexibility index (Phi) is 40.7. The summed E-state index contributed by atoms with van der Waals surface area (Å²) < 4.78 is 0. The molecule has 548 valence electrons. The molecule has 0 radical (unpaired) electrons. The molecule has 43 heteroatoms. The van der Waals surface area contributed by atoms with Crippen molar-refractivity contribution in [3.8, 4) is 0 Å². The second-order valence-electron chi connectivity index (χ2n) is 22.3. The molecule has 12 atom stereocenters. The zero-order chi connectivity index (χ0) is 73.5. The molecule has 0 aromatic heterocycles. The zero-order valence-corrected chi connectivity index (χ0v) is 55.7. The Bertz CT molecular complexity index is 2790. The van der Waals surface area contributed by atoms with E-state index in [2.05, 4.69) is 93.1 Å². The second-order valence-corrected chi connectivity index (χ2v) is 23.1. The van der Waals surface area contributed by atoms with Gasteiger partial charge in [0.05, 0.1) is 18.6 Å².